The molecule has 0 saturated carbocycles. The maximum Gasteiger partial charge on any atom is 0.344 e. The van der Waals surface area contributed by atoms with E-state index in [-0.39, 0.29) is 11.6 Å². The Labute approximate surface area is 101 Å². The fraction of sp³-hybridized carbons (Fsp3) is 0.167. The molecule has 0 spiro atoms. The minimum absolute atomic E-state index is 0.00519. The minimum atomic E-state index is -0.485. The highest BCUT2D eigenvalue weighted by atomic mass is 32.2. The van der Waals surface area contributed by atoms with Crippen molar-refractivity contribution in [2.24, 2.45) is 0 Å². The van der Waals surface area contributed by atoms with Crippen molar-refractivity contribution in [1.82, 2.24) is 15.2 Å². The van der Waals surface area contributed by atoms with Crippen LogP contribution in [0.2, 0.25) is 0 Å². The standard InChI is InChI=1S/C6H4N4O3S3/c11-2-3-8-9-6(14-3)16-5-7-1-4(15-5)10(12)13/h1,11H,2H2. The van der Waals surface area contributed by atoms with Crippen LogP contribution in [-0.2, 0) is 6.61 Å². The largest absolute Gasteiger partial charge is 0.389 e. The third kappa shape index (κ3) is 2.52. The highest BCUT2D eigenvalue weighted by molar-refractivity contribution is 8.02. The van der Waals surface area contributed by atoms with Gasteiger partial charge in [-0.15, -0.1) is 10.2 Å². The topological polar surface area (TPSA) is 102 Å². The second-order valence-corrected chi connectivity index (χ2v) is 6.01. The lowest BCUT2D eigenvalue weighted by atomic mass is 10.8. The molecular formula is C6H4N4O3S3. The summed E-state index contributed by atoms with van der Waals surface area (Å²) in [7, 11) is 0. The molecule has 7 nitrogen and oxygen atoms in total. The summed E-state index contributed by atoms with van der Waals surface area (Å²) in [5.41, 5.74) is 0. The smallest absolute Gasteiger partial charge is 0.344 e. The summed E-state index contributed by atoms with van der Waals surface area (Å²) in [6.07, 6.45) is 1.21. The number of aliphatic hydroxyl groups is 1. The molecule has 0 unspecified atom stereocenters. The number of nitro groups is 1. The Balaban J connectivity index is 2.11. The van der Waals surface area contributed by atoms with Crippen molar-refractivity contribution in [1.29, 1.82) is 0 Å². The zero-order valence-electron chi connectivity index (χ0n) is 7.56. The maximum absolute atomic E-state index is 10.4. The van der Waals surface area contributed by atoms with Crippen LogP contribution in [0, 0.1) is 10.1 Å². The molecule has 0 saturated heterocycles. The summed E-state index contributed by atoms with van der Waals surface area (Å²) in [6, 6.07) is 0. The van der Waals surface area contributed by atoms with E-state index in [0.717, 1.165) is 11.3 Å². The van der Waals surface area contributed by atoms with Crippen molar-refractivity contribution in [3.8, 4) is 0 Å². The summed E-state index contributed by atoms with van der Waals surface area (Å²) in [4.78, 5) is 13.8. The van der Waals surface area contributed by atoms with Crippen LogP contribution in [-0.4, -0.2) is 25.2 Å². The van der Waals surface area contributed by atoms with Gasteiger partial charge in [-0.05, 0) is 23.1 Å². The van der Waals surface area contributed by atoms with Gasteiger partial charge in [-0.1, -0.05) is 11.3 Å². The summed E-state index contributed by atoms with van der Waals surface area (Å²) in [5.74, 6) is 0. The first-order valence-corrected chi connectivity index (χ1v) is 6.35. The van der Waals surface area contributed by atoms with E-state index in [2.05, 4.69) is 15.2 Å². The third-order valence-electron chi connectivity index (χ3n) is 1.41. The van der Waals surface area contributed by atoms with Gasteiger partial charge < -0.3 is 5.11 Å². The fourth-order valence-electron chi connectivity index (χ4n) is 0.800. The molecule has 0 atom stereocenters. The number of hydrogen-bond acceptors (Lipinski definition) is 9. The van der Waals surface area contributed by atoms with Gasteiger partial charge in [0.05, 0.1) is 11.5 Å². The predicted molar refractivity (Wildman–Crippen MR) is 58.7 cm³/mol. The Morgan fingerprint density at radius 1 is 1.44 bits per heavy atom. The van der Waals surface area contributed by atoms with Crippen LogP contribution in [0.1, 0.15) is 5.01 Å². The Hall–Kier alpha value is -1.10. The number of hydrogen-bond donors (Lipinski definition) is 1. The van der Waals surface area contributed by atoms with Gasteiger partial charge in [0, 0.05) is 0 Å². The molecule has 0 aliphatic rings. The predicted octanol–water partition coefficient (Wildman–Crippen LogP) is 1.55. The van der Waals surface area contributed by atoms with E-state index >= 15 is 0 Å². The molecule has 0 radical (unpaired) electrons. The van der Waals surface area contributed by atoms with Gasteiger partial charge in [0.15, 0.2) is 8.68 Å². The molecule has 10 heteroatoms. The lowest BCUT2D eigenvalue weighted by molar-refractivity contribution is -0.380. The molecule has 16 heavy (non-hydrogen) atoms. The molecule has 0 amide bonds. The van der Waals surface area contributed by atoms with E-state index in [0.29, 0.717) is 13.7 Å². The molecule has 0 aromatic carbocycles. The lowest BCUT2D eigenvalue weighted by Crippen LogP contribution is -1.80. The van der Waals surface area contributed by atoms with Crippen LogP contribution in [0.4, 0.5) is 5.00 Å². The van der Waals surface area contributed by atoms with Crippen LogP contribution in [0.3, 0.4) is 0 Å². The molecule has 2 heterocycles. The van der Waals surface area contributed by atoms with Crippen molar-refractivity contribution in [2.45, 2.75) is 15.3 Å². The Morgan fingerprint density at radius 3 is 2.81 bits per heavy atom. The molecule has 0 bridgehead atoms. The Bertz CT molecular complexity index is 511. The van der Waals surface area contributed by atoms with Gasteiger partial charge >= 0.3 is 5.00 Å². The summed E-state index contributed by atoms with van der Waals surface area (Å²) in [5, 5.41) is 27.2. The second-order valence-electron chi connectivity index (χ2n) is 2.44. The van der Waals surface area contributed by atoms with Crippen LogP contribution in [0.5, 0.6) is 0 Å². The quantitative estimate of drug-likeness (QED) is 0.667. The van der Waals surface area contributed by atoms with Crippen molar-refractivity contribution < 1.29 is 10.0 Å². The average Bonchev–Trinajstić information content (AvgIpc) is 2.87. The Kier molecular flexibility index (Phi) is 3.43. The molecule has 84 valence electrons. The van der Waals surface area contributed by atoms with Crippen LogP contribution in [0.25, 0.3) is 0 Å². The zero-order chi connectivity index (χ0) is 11.5. The lowest BCUT2D eigenvalue weighted by Gasteiger charge is -1.86. The van der Waals surface area contributed by atoms with Crippen molar-refractivity contribution in [2.75, 3.05) is 0 Å². The Morgan fingerprint density at radius 2 is 2.25 bits per heavy atom. The van der Waals surface area contributed by atoms with Gasteiger partial charge in [-0.3, -0.25) is 10.1 Å². The molecule has 0 aliphatic carbocycles. The zero-order valence-corrected chi connectivity index (χ0v) is 10.0. The van der Waals surface area contributed by atoms with Crippen molar-refractivity contribution in [3.63, 3.8) is 0 Å². The van der Waals surface area contributed by atoms with Crippen LogP contribution in [0.15, 0.2) is 14.9 Å². The minimum Gasteiger partial charge on any atom is -0.389 e. The molecule has 2 aromatic heterocycles. The summed E-state index contributed by atoms with van der Waals surface area (Å²) >= 11 is 3.41. The highest BCUT2D eigenvalue weighted by Gasteiger charge is 2.14. The molecule has 2 aromatic rings. The number of nitrogens with zero attached hydrogens (tertiary/aromatic N) is 4. The third-order valence-corrected chi connectivity index (χ3v) is 4.39. The molecule has 1 N–H and O–H groups in total. The number of thiazole rings is 1. The van der Waals surface area contributed by atoms with E-state index < -0.39 is 4.92 Å². The number of rotatable bonds is 4. The van der Waals surface area contributed by atoms with E-state index in [1.54, 1.807) is 0 Å². The first-order valence-electron chi connectivity index (χ1n) is 3.90. The summed E-state index contributed by atoms with van der Waals surface area (Å²) < 4.78 is 1.14. The van der Waals surface area contributed by atoms with Crippen molar-refractivity contribution in [3.05, 3.63) is 21.3 Å². The number of aliphatic hydroxyl groups excluding tert-OH is 1. The van der Waals surface area contributed by atoms with Gasteiger partial charge in [0.25, 0.3) is 0 Å². The second kappa shape index (κ2) is 4.82. The fourth-order valence-corrected chi connectivity index (χ4v) is 3.54. The van der Waals surface area contributed by atoms with Crippen LogP contribution < -0.4 is 0 Å². The van der Waals surface area contributed by atoms with Gasteiger partial charge in [0.1, 0.15) is 11.2 Å². The molecule has 2 rings (SSSR count). The molecular weight excluding hydrogens is 272 g/mol. The first kappa shape index (κ1) is 11.4. The van der Waals surface area contributed by atoms with E-state index in [4.69, 9.17) is 5.11 Å². The molecule has 0 aliphatic heterocycles. The van der Waals surface area contributed by atoms with E-state index in [1.807, 2.05) is 0 Å². The number of aromatic nitrogens is 3. The van der Waals surface area contributed by atoms with Crippen LogP contribution >= 0.6 is 34.4 Å². The first-order chi connectivity index (χ1) is 7.69. The normalized spacial score (nSPS) is 10.6. The van der Waals surface area contributed by atoms with Crippen molar-refractivity contribution >= 4 is 39.4 Å². The van der Waals surface area contributed by atoms with Gasteiger partial charge in [-0.2, -0.15) is 0 Å². The highest BCUT2D eigenvalue weighted by Crippen LogP contribution is 2.35. The van der Waals surface area contributed by atoms with E-state index in [9.17, 15) is 10.1 Å². The SMILES string of the molecule is O=[N+]([O-])c1cnc(Sc2nnc(CO)s2)s1. The maximum atomic E-state index is 10.4. The summed E-state index contributed by atoms with van der Waals surface area (Å²) in [6.45, 7) is -0.157. The van der Waals surface area contributed by atoms with E-state index in [1.165, 1.54) is 29.3 Å². The van der Waals surface area contributed by atoms with Gasteiger partial charge in [0.2, 0.25) is 0 Å². The molecule has 0 fully saturated rings. The monoisotopic (exact) mass is 276 g/mol. The average molecular weight is 276 g/mol. The van der Waals surface area contributed by atoms with Gasteiger partial charge in [-0.25, -0.2) is 4.98 Å².